The Morgan fingerprint density at radius 1 is 1.04 bits per heavy atom. The molecule has 0 atom stereocenters. The predicted octanol–water partition coefficient (Wildman–Crippen LogP) is 1.77. The van der Waals surface area contributed by atoms with Gasteiger partial charge in [0.15, 0.2) is 0 Å². The third-order valence-corrected chi connectivity index (χ3v) is 3.83. The van der Waals surface area contributed by atoms with Gasteiger partial charge in [-0.15, -0.1) is 5.10 Å². The maximum absolute atomic E-state index is 12.3. The van der Waals surface area contributed by atoms with Crippen molar-refractivity contribution in [2.75, 3.05) is 13.2 Å². The molecule has 0 aliphatic heterocycles. The Balaban J connectivity index is 1.40. The Labute approximate surface area is 150 Å². The Kier molecular flexibility index (Phi) is 5.92. The van der Waals surface area contributed by atoms with E-state index in [1.165, 1.54) is 0 Å². The number of nitrogens with zero attached hydrogens (tertiary/aromatic N) is 3. The van der Waals surface area contributed by atoms with E-state index in [0.29, 0.717) is 24.1 Å². The standard InChI is InChI=1S/C19H20N4O3/c24-18(20-12-6-7-13-26-15-8-2-1-3-9-15)14-23-19(25)16-10-4-5-11-17(16)21-22-23/h1-5,8-11H,6-7,12-14H2,(H,20,24). The van der Waals surface area contributed by atoms with Crippen molar-refractivity contribution in [1.29, 1.82) is 0 Å². The average Bonchev–Trinajstić information content (AvgIpc) is 2.68. The van der Waals surface area contributed by atoms with Crippen LogP contribution in [0.1, 0.15) is 12.8 Å². The van der Waals surface area contributed by atoms with E-state index < -0.39 is 0 Å². The molecule has 0 spiro atoms. The van der Waals surface area contributed by atoms with Crippen molar-refractivity contribution in [2.45, 2.75) is 19.4 Å². The lowest BCUT2D eigenvalue weighted by molar-refractivity contribution is -0.121. The SMILES string of the molecule is O=C(Cn1nnc2ccccc2c1=O)NCCCCOc1ccccc1. The monoisotopic (exact) mass is 352 g/mol. The van der Waals surface area contributed by atoms with Crippen LogP contribution in [0.2, 0.25) is 0 Å². The number of rotatable bonds is 8. The normalized spacial score (nSPS) is 10.6. The summed E-state index contributed by atoms with van der Waals surface area (Å²) in [4.78, 5) is 24.3. The molecule has 0 unspecified atom stereocenters. The number of carbonyl (C=O) groups is 1. The first-order chi connectivity index (χ1) is 12.7. The molecule has 134 valence electrons. The lowest BCUT2D eigenvalue weighted by atomic mass is 10.2. The van der Waals surface area contributed by atoms with Gasteiger partial charge in [-0.05, 0) is 37.1 Å². The summed E-state index contributed by atoms with van der Waals surface area (Å²) < 4.78 is 6.67. The van der Waals surface area contributed by atoms with Crippen molar-refractivity contribution in [1.82, 2.24) is 20.3 Å². The molecule has 3 rings (SSSR count). The smallest absolute Gasteiger partial charge is 0.278 e. The van der Waals surface area contributed by atoms with Crippen molar-refractivity contribution in [2.24, 2.45) is 0 Å². The molecule has 1 N–H and O–H groups in total. The van der Waals surface area contributed by atoms with E-state index in [1.54, 1.807) is 24.3 Å². The van der Waals surface area contributed by atoms with E-state index in [4.69, 9.17) is 4.74 Å². The zero-order valence-corrected chi connectivity index (χ0v) is 14.3. The van der Waals surface area contributed by atoms with Crippen LogP contribution in [-0.4, -0.2) is 34.1 Å². The van der Waals surface area contributed by atoms with E-state index in [0.717, 1.165) is 23.3 Å². The molecule has 7 nitrogen and oxygen atoms in total. The van der Waals surface area contributed by atoms with Crippen LogP contribution in [0.25, 0.3) is 10.9 Å². The molecule has 1 amide bonds. The van der Waals surface area contributed by atoms with Crippen LogP contribution in [0.4, 0.5) is 0 Å². The number of hydrogen-bond acceptors (Lipinski definition) is 5. The summed E-state index contributed by atoms with van der Waals surface area (Å²) in [5.41, 5.74) is 0.203. The van der Waals surface area contributed by atoms with Gasteiger partial charge in [0, 0.05) is 6.54 Å². The summed E-state index contributed by atoms with van der Waals surface area (Å²) in [6, 6.07) is 16.5. The number of amides is 1. The van der Waals surface area contributed by atoms with E-state index >= 15 is 0 Å². The first-order valence-corrected chi connectivity index (χ1v) is 8.51. The number of benzene rings is 2. The van der Waals surface area contributed by atoms with E-state index in [9.17, 15) is 9.59 Å². The van der Waals surface area contributed by atoms with Gasteiger partial charge in [0.05, 0.1) is 12.0 Å². The van der Waals surface area contributed by atoms with Gasteiger partial charge in [-0.3, -0.25) is 9.59 Å². The van der Waals surface area contributed by atoms with Gasteiger partial charge in [-0.2, -0.15) is 0 Å². The van der Waals surface area contributed by atoms with Crippen molar-refractivity contribution in [3.05, 3.63) is 65.0 Å². The number of aromatic nitrogens is 3. The largest absolute Gasteiger partial charge is 0.494 e. The van der Waals surface area contributed by atoms with Crippen LogP contribution < -0.4 is 15.6 Å². The fraction of sp³-hybridized carbons (Fsp3) is 0.263. The fourth-order valence-electron chi connectivity index (χ4n) is 2.48. The molecule has 1 heterocycles. The fourth-order valence-corrected chi connectivity index (χ4v) is 2.48. The van der Waals surface area contributed by atoms with Crippen molar-refractivity contribution in [3.63, 3.8) is 0 Å². The third kappa shape index (κ3) is 4.66. The summed E-state index contributed by atoms with van der Waals surface area (Å²) in [5.74, 6) is 0.575. The molecule has 0 saturated heterocycles. The molecule has 26 heavy (non-hydrogen) atoms. The number of para-hydroxylation sites is 1. The van der Waals surface area contributed by atoms with E-state index in [2.05, 4.69) is 15.6 Å². The maximum atomic E-state index is 12.3. The molecule has 0 saturated carbocycles. The summed E-state index contributed by atoms with van der Waals surface area (Å²) in [6.07, 6.45) is 1.61. The summed E-state index contributed by atoms with van der Waals surface area (Å²) in [7, 11) is 0. The molecule has 7 heteroatoms. The first kappa shape index (κ1) is 17.6. The quantitative estimate of drug-likeness (QED) is 0.625. The molecule has 0 aliphatic carbocycles. The molecular formula is C19H20N4O3. The van der Waals surface area contributed by atoms with Crippen LogP contribution in [-0.2, 0) is 11.3 Å². The molecule has 0 aliphatic rings. The van der Waals surface area contributed by atoms with Crippen molar-refractivity contribution in [3.8, 4) is 5.75 Å². The average molecular weight is 352 g/mol. The Bertz CT molecular complexity index is 925. The Morgan fingerprint density at radius 2 is 1.81 bits per heavy atom. The van der Waals surface area contributed by atoms with Crippen LogP contribution >= 0.6 is 0 Å². The second-order valence-corrected chi connectivity index (χ2v) is 5.79. The first-order valence-electron chi connectivity index (χ1n) is 8.51. The van der Waals surface area contributed by atoms with Crippen LogP contribution in [0.3, 0.4) is 0 Å². The van der Waals surface area contributed by atoms with Crippen LogP contribution in [0.15, 0.2) is 59.4 Å². The zero-order valence-electron chi connectivity index (χ0n) is 14.3. The van der Waals surface area contributed by atoms with Crippen LogP contribution in [0.5, 0.6) is 5.75 Å². The minimum Gasteiger partial charge on any atom is -0.494 e. The summed E-state index contributed by atoms with van der Waals surface area (Å²) in [6.45, 7) is 0.972. The Morgan fingerprint density at radius 3 is 2.65 bits per heavy atom. The molecule has 2 aromatic carbocycles. The van der Waals surface area contributed by atoms with Gasteiger partial charge in [-0.25, -0.2) is 4.68 Å². The number of nitrogens with one attached hydrogen (secondary N) is 1. The maximum Gasteiger partial charge on any atom is 0.278 e. The van der Waals surface area contributed by atoms with Crippen molar-refractivity contribution >= 4 is 16.8 Å². The zero-order chi connectivity index (χ0) is 18.2. The molecule has 0 bridgehead atoms. The van der Waals surface area contributed by atoms with Gasteiger partial charge in [0.2, 0.25) is 5.91 Å². The highest BCUT2D eigenvalue weighted by Gasteiger charge is 2.08. The predicted molar refractivity (Wildman–Crippen MR) is 98.0 cm³/mol. The van der Waals surface area contributed by atoms with Gasteiger partial charge < -0.3 is 10.1 Å². The molecule has 0 fully saturated rings. The number of unbranched alkanes of at least 4 members (excludes halogenated alkanes) is 1. The molecule has 3 aromatic rings. The minimum atomic E-state index is -0.318. The number of fused-ring (bicyclic) bond motifs is 1. The summed E-state index contributed by atoms with van der Waals surface area (Å²) >= 11 is 0. The highest BCUT2D eigenvalue weighted by molar-refractivity contribution is 5.78. The van der Waals surface area contributed by atoms with Gasteiger partial charge in [0.25, 0.3) is 5.56 Å². The summed E-state index contributed by atoms with van der Waals surface area (Å²) in [5, 5.41) is 11.0. The second kappa shape index (κ2) is 8.75. The lowest BCUT2D eigenvalue weighted by Gasteiger charge is -2.08. The van der Waals surface area contributed by atoms with Gasteiger partial charge >= 0.3 is 0 Å². The molecule has 0 radical (unpaired) electrons. The lowest BCUT2D eigenvalue weighted by Crippen LogP contribution is -2.34. The molecule has 1 aromatic heterocycles. The number of ether oxygens (including phenoxy) is 1. The van der Waals surface area contributed by atoms with Crippen LogP contribution in [0, 0.1) is 0 Å². The van der Waals surface area contributed by atoms with Gasteiger partial charge in [-0.1, -0.05) is 35.5 Å². The topological polar surface area (TPSA) is 86.1 Å². The number of carbonyl (C=O) groups excluding carboxylic acids is 1. The number of hydrogen-bond donors (Lipinski definition) is 1. The highest BCUT2D eigenvalue weighted by atomic mass is 16.5. The third-order valence-electron chi connectivity index (χ3n) is 3.83. The Hall–Kier alpha value is -3.22. The van der Waals surface area contributed by atoms with Gasteiger partial charge in [0.1, 0.15) is 17.8 Å². The minimum absolute atomic E-state index is 0.142. The molecular weight excluding hydrogens is 332 g/mol. The second-order valence-electron chi connectivity index (χ2n) is 5.79. The van der Waals surface area contributed by atoms with E-state index in [-0.39, 0.29) is 18.0 Å². The van der Waals surface area contributed by atoms with E-state index in [1.807, 2.05) is 30.3 Å². The highest BCUT2D eigenvalue weighted by Crippen LogP contribution is 2.08. The van der Waals surface area contributed by atoms with Crippen molar-refractivity contribution < 1.29 is 9.53 Å².